The number of hydrogen-bond donors (Lipinski definition) is 1. The average Bonchev–Trinajstić information content (AvgIpc) is 2.30. The number of rotatable bonds is 0. The minimum atomic E-state index is -0.0419. The van der Waals surface area contributed by atoms with Crippen LogP contribution in [0.25, 0.3) is 0 Å². The zero-order valence-corrected chi connectivity index (χ0v) is 6.30. The fourth-order valence-electron chi connectivity index (χ4n) is 2.07. The van der Waals surface area contributed by atoms with Crippen LogP contribution in [0, 0.1) is 11.8 Å². The molecule has 2 rings (SSSR count). The van der Waals surface area contributed by atoms with Gasteiger partial charge in [-0.3, -0.25) is 14.9 Å². The topological polar surface area (TPSA) is 46.2 Å². The highest BCUT2D eigenvalue weighted by atomic mass is 16.2. The third-order valence-corrected chi connectivity index (χ3v) is 2.69. The van der Waals surface area contributed by atoms with Gasteiger partial charge in [-0.05, 0) is 12.8 Å². The summed E-state index contributed by atoms with van der Waals surface area (Å²) in [5.74, 6) is -0.0631. The summed E-state index contributed by atoms with van der Waals surface area (Å²) in [6.45, 7) is 0. The van der Waals surface area contributed by atoms with E-state index in [0.717, 1.165) is 25.7 Å². The van der Waals surface area contributed by atoms with Gasteiger partial charge in [0, 0.05) is 11.8 Å². The molecule has 1 aliphatic heterocycles. The van der Waals surface area contributed by atoms with Crippen LogP contribution in [0.15, 0.2) is 0 Å². The molecule has 1 aliphatic carbocycles. The van der Waals surface area contributed by atoms with Gasteiger partial charge in [0.15, 0.2) is 0 Å². The van der Waals surface area contributed by atoms with Gasteiger partial charge in [0.1, 0.15) is 0 Å². The monoisotopic (exact) mass is 153 g/mol. The number of hydrogen-bond acceptors (Lipinski definition) is 2. The van der Waals surface area contributed by atoms with Crippen LogP contribution < -0.4 is 5.32 Å². The molecule has 0 aromatic rings. The SMILES string of the molecule is O=C1NC(=O)[C@@H]2CCCC[C@H]12. The molecule has 60 valence electrons. The fraction of sp³-hybridized carbons (Fsp3) is 0.750. The molecule has 0 spiro atoms. The summed E-state index contributed by atoms with van der Waals surface area (Å²) in [6.07, 6.45) is 4.01. The largest absolute Gasteiger partial charge is 0.296 e. The van der Waals surface area contributed by atoms with E-state index in [9.17, 15) is 9.59 Å². The van der Waals surface area contributed by atoms with Crippen molar-refractivity contribution in [3.8, 4) is 0 Å². The average molecular weight is 153 g/mol. The predicted octanol–water partition coefficient (Wildman–Crippen LogP) is 0.449. The number of imide groups is 1. The fourth-order valence-corrected chi connectivity index (χ4v) is 2.07. The Morgan fingerprint density at radius 1 is 1.00 bits per heavy atom. The van der Waals surface area contributed by atoms with Gasteiger partial charge < -0.3 is 0 Å². The molecule has 1 saturated heterocycles. The molecular weight excluding hydrogens is 142 g/mol. The second-order valence-corrected chi connectivity index (χ2v) is 3.35. The summed E-state index contributed by atoms with van der Waals surface area (Å²) in [6, 6.07) is 0. The van der Waals surface area contributed by atoms with E-state index in [2.05, 4.69) is 5.32 Å². The third kappa shape index (κ3) is 0.951. The van der Waals surface area contributed by atoms with E-state index in [4.69, 9.17) is 0 Å². The number of fused-ring (bicyclic) bond motifs is 1. The first-order valence-electron chi connectivity index (χ1n) is 4.14. The molecule has 1 heterocycles. The number of carbonyl (C=O) groups is 2. The van der Waals surface area contributed by atoms with Gasteiger partial charge in [0.25, 0.3) is 0 Å². The maximum Gasteiger partial charge on any atom is 0.230 e. The van der Waals surface area contributed by atoms with E-state index in [1.807, 2.05) is 0 Å². The van der Waals surface area contributed by atoms with Crippen LogP contribution in [-0.2, 0) is 9.59 Å². The molecule has 0 bridgehead atoms. The second-order valence-electron chi connectivity index (χ2n) is 3.35. The molecule has 0 unspecified atom stereocenters. The lowest BCUT2D eigenvalue weighted by Crippen LogP contribution is -2.21. The lowest BCUT2D eigenvalue weighted by molar-refractivity contribution is -0.126. The van der Waals surface area contributed by atoms with Gasteiger partial charge in [-0.15, -0.1) is 0 Å². The van der Waals surface area contributed by atoms with Crippen molar-refractivity contribution in [2.75, 3.05) is 0 Å². The molecule has 1 saturated carbocycles. The predicted molar refractivity (Wildman–Crippen MR) is 38.6 cm³/mol. The highest BCUT2D eigenvalue weighted by molar-refractivity contribution is 6.05. The van der Waals surface area contributed by atoms with Crippen molar-refractivity contribution in [1.82, 2.24) is 5.32 Å². The third-order valence-electron chi connectivity index (χ3n) is 2.69. The van der Waals surface area contributed by atoms with Crippen LogP contribution >= 0.6 is 0 Å². The van der Waals surface area contributed by atoms with Crippen molar-refractivity contribution in [3.63, 3.8) is 0 Å². The normalized spacial score (nSPS) is 36.7. The Kier molecular flexibility index (Phi) is 1.44. The summed E-state index contributed by atoms with van der Waals surface area (Å²) in [7, 11) is 0. The quantitative estimate of drug-likeness (QED) is 0.513. The Labute approximate surface area is 65.2 Å². The second kappa shape index (κ2) is 2.32. The summed E-state index contributed by atoms with van der Waals surface area (Å²) in [4.78, 5) is 22.2. The summed E-state index contributed by atoms with van der Waals surface area (Å²) in [5.41, 5.74) is 0. The van der Waals surface area contributed by atoms with Crippen molar-refractivity contribution >= 4 is 11.8 Å². The van der Waals surface area contributed by atoms with Crippen LogP contribution in [0.5, 0.6) is 0 Å². The van der Waals surface area contributed by atoms with Crippen LogP contribution in [0.3, 0.4) is 0 Å². The Morgan fingerprint density at radius 2 is 1.45 bits per heavy atom. The van der Waals surface area contributed by atoms with E-state index in [1.165, 1.54) is 0 Å². The molecular formula is C8H11NO2. The molecule has 3 heteroatoms. The van der Waals surface area contributed by atoms with E-state index in [-0.39, 0.29) is 23.7 Å². The van der Waals surface area contributed by atoms with Gasteiger partial charge in [-0.25, -0.2) is 0 Å². The summed E-state index contributed by atoms with van der Waals surface area (Å²) >= 11 is 0. The summed E-state index contributed by atoms with van der Waals surface area (Å²) in [5, 5.41) is 2.38. The number of amides is 2. The zero-order chi connectivity index (χ0) is 7.84. The molecule has 2 atom stereocenters. The zero-order valence-electron chi connectivity index (χ0n) is 6.30. The maximum atomic E-state index is 11.1. The van der Waals surface area contributed by atoms with Gasteiger partial charge in [-0.2, -0.15) is 0 Å². The molecule has 2 fully saturated rings. The molecule has 0 radical (unpaired) electrons. The van der Waals surface area contributed by atoms with Crippen LogP contribution in [0.2, 0.25) is 0 Å². The molecule has 2 amide bonds. The van der Waals surface area contributed by atoms with Crippen LogP contribution in [0.4, 0.5) is 0 Å². The first-order chi connectivity index (χ1) is 5.29. The van der Waals surface area contributed by atoms with Crippen molar-refractivity contribution in [3.05, 3.63) is 0 Å². The van der Waals surface area contributed by atoms with Gasteiger partial charge in [0.05, 0.1) is 0 Å². The Balaban J connectivity index is 2.19. The molecule has 1 N–H and O–H groups in total. The first-order valence-corrected chi connectivity index (χ1v) is 4.14. The lowest BCUT2D eigenvalue weighted by Gasteiger charge is -2.19. The molecule has 0 aromatic heterocycles. The maximum absolute atomic E-state index is 11.1. The van der Waals surface area contributed by atoms with Crippen molar-refractivity contribution in [2.24, 2.45) is 11.8 Å². The van der Waals surface area contributed by atoms with Crippen molar-refractivity contribution < 1.29 is 9.59 Å². The van der Waals surface area contributed by atoms with Crippen LogP contribution in [0.1, 0.15) is 25.7 Å². The van der Waals surface area contributed by atoms with Gasteiger partial charge >= 0.3 is 0 Å². The Bertz CT molecular complexity index is 190. The number of nitrogens with one attached hydrogen (secondary N) is 1. The van der Waals surface area contributed by atoms with E-state index >= 15 is 0 Å². The number of carbonyl (C=O) groups excluding carboxylic acids is 2. The smallest absolute Gasteiger partial charge is 0.230 e. The standard InChI is InChI=1S/C8H11NO2/c10-7-5-3-1-2-4-6(5)8(11)9-7/h5-6H,1-4H2,(H,9,10,11)/t5-,6+. The molecule has 0 aromatic carbocycles. The summed E-state index contributed by atoms with van der Waals surface area (Å²) < 4.78 is 0. The van der Waals surface area contributed by atoms with Gasteiger partial charge in [0.2, 0.25) is 11.8 Å². The first kappa shape index (κ1) is 6.83. The van der Waals surface area contributed by atoms with E-state index < -0.39 is 0 Å². The minimum Gasteiger partial charge on any atom is -0.296 e. The highest BCUT2D eigenvalue weighted by Crippen LogP contribution is 2.33. The highest BCUT2D eigenvalue weighted by Gasteiger charge is 2.42. The van der Waals surface area contributed by atoms with E-state index in [0.29, 0.717) is 0 Å². The molecule has 2 aliphatic rings. The van der Waals surface area contributed by atoms with Crippen LogP contribution in [-0.4, -0.2) is 11.8 Å². The van der Waals surface area contributed by atoms with Crippen molar-refractivity contribution in [1.29, 1.82) is 0 Å². The molecule has 3 nitrogen and oxygen atoms in total. The minimum absolute atomic E-state index is 0.0104. The lowest BCUT2D eigenvalue weighted by atomic mass is 9.81. The van der Waals surface area contributed by atoms with Crippen molar-refractivity contribution in [2.45, 2.75) is 25.7 Å². The molecule has 11 heavy (non-hydrogen) atoms. The van der Waals surface area contributed by atoms with E-state index in [1.54, 1.807) is 0 Å². The van der Waals surface area contributed by atoms with Gasteiger partial charge in [-0.1, -0.05) is 12.8 Å². The Hall–Kier alpha value is -0.860. The Morgan fingerprint density at radius 3 is 1.91 bits per heavy atom.